The van der Waals surface area contributed by atoms with Crippen LogP contribution in [-0.2, 0) is 21.5 Å². The van der Waals surface area contributed by atoms with Crippen LogP contribution < -0.4 is 0 Å². The average Bonchev–Trinajstić information content (AvgIpc) is 2.90. The zero-order chi connectivity index (χ0) is 17.9. The number of methoxy groups -OCH3 is 1. The van der Waals surface area contributed by atoms with Gasteiger partial charge in [-0.15, -0.1) is 4.68 Å². The zero-order valence-corrected chi connectivity index (χ0v) is 14.7. The lowest BCUT2D eigenvalue weighted by Crippen LogP contribution is -2.13. The van der Waals surface area contributed by atoms with Crippen molar-refractivity contribution in [3.63, 3.8) is 0 Å². The van der Waals surface area contributed by atoms with Crippen molar-refractivity contribution in [2.75, 3.05) is 7.11 Å². The number of carbonyl (C=O) groups is 1. The van der Waals surface area contributed by atoms with Crippen LogP contribution in [0.2, 0.25) is 0 Å². The lowest BCUT2D eigenvalue weighted by Gasteiger charge is -2.18. The minimum atomic E-state index is -0.694. The lowest BCUT2D eigenvalue weighted by atomic mass is 9.87. The van der Waals surface area contributed by atoms with Gasteiger partial charge in [-0.2, -0.15) is 0 Å². The van der Waals surface area contributed by atoms with E-state index in [1.807, 2.05) is 24.3 Å². The number of carbonyl (C=O) groups excluding carboxylic acids is 1. The minimum absolute atomic E-state index is 0.0346. The van der Waals surface area contributed by atoms with Crippen molar-refractivity contribution in [3.8, 4) is 0 Å². The van der Waals surface area contributed by atoms with Crippen LogP contribution in [0.4, 0.5) is 5.95 Å². The molecule has 0 fully saturated rings. The topological polar surface area (TPSA) is 100 Å². The second-order valence-corrected chi connectivity index (χ2v) is 7.10. The number of esters is 1. The molecule has 0 saturated heterocycles. The molecule has 128 valence electrons. The molecule has 0 spiro atoms. The first-order valence-electron chi connectivity index (χ1n) is 7.15. The first kappa shape index (κ1) is 17.9. The molecular formula is C15H18N4O4S. The Kier molecular flexibility index (Phi) is 5.23. The largest absolute Gasteiger partial charge is 0.492 e. The summed E-state index contributed by atoms with van der Waals surface area (Å²) < 4.78 is 5.75. The summed E-state index contributed by atoms with van der Waals surface area (Å²) in [6.45, 7) is 6.11. The van der Waals surface area contributed by atoms with Crippen LogP contribution in [-0.4, -0.2) is 32.8 Å². The third-order valence-electron chi connectivity index (χ3n) is 3.23. The van der Waals surface area contributed by atoms with Crippen LogP contribution in [0, 0.1) is 10.1 Å². The van der Waals surface area contributed by atoms with Crippen LogP contribution >= 0.6 is 11.8 Å². The van der Waals surface area contributed by atoms with Crippen molar-refractivity contribution in [2.45, 2.75) is 42.8 Å². The number of rotatable bonds is 5. The molecule has 0 atom stereocenters. The molecule has 8 nitrogen and oxygen atoms in total. The van der Waals surface area contributed by atoms with Crippen LogP contribution in [0.1, 0.15) is 26.3 Å². The van der Waals surface area contributed by atoms with E-state index in [1.54, 1.807) is 0 Å². The van der Waals surface area contributed by atoms with Crippen LogP contribution in [0.25, 0.3) is 0 Å². The van der Waals surface area contributed by atoms with Crippen molar-refractivity contribution in [3.05, 3.63) is 39.9 Å². The summed E-state index contributed by atoms with van der Waals surface area (Å²) in [6.07, 6.45) is 0. The Morgan fingerprint density at radius 2 is 1.96 bits per heavy atom. The molecule has 0 N–H and O–H groups in total. The molecule has 0 radical (unpaired) electrons. The Balaban J connectivity index is 2.27. The second-order valence-electron chi connectivity index (χ2n) is 6.06. The third-order valence-corrected chi connectivity index (χ3v) is 4.22. The van der Waals surface area contributed by atoms with E-state index >= 15 is 0 Å². The number of nitrogens with zero attached hydrogens (tertiary/aromatic N) is 4. The van der Waals surface area contributed by atoms with Gasteiger partial charge in [-0.1, -0.05) is 32.9 Å². The van der Waals surface area contributed by atoms with Gasteiger partial charge in [-0.3, -0.25) is 4.79 Å². The molecule has 0 aliphatic carbocycles. The van der Waals surface area contributed by atoms with E-state index < -0.39 is 16.8 Å². The second kappa shape index (κ2) is 7.00. The molecule has 9 heteroatoms. The predicted molar refractivity (Wildman–Crippen MR) is 88.0 cm³/mol. The Hall–Kier alpha value is -2.42. The summed E-state index contributed by atoms with van der Waals surface area (Å²) in [5, 5.41) is 14.9. The van der Waals surface area contributed by atoms with Gasteiger partial charge in [0.15, 0.2) is 6.54 Å². The number of hydrogen-bond acceptors (Lipinski definition) is 7. The molecule has 0 aliphatic heterocycles. The van der Waals surface area contributed by atoms with Gasteiger partial charge >= 0.3 is 11.9 Å². The highest BCUT2D eigenvalue weighted by molar-refractivity contribution is 7.99. The molecule has 0 amide bonds. The molecule has 24 heavy (non-hydrogen) atoms. The van der Waals surface area contributed by atoms with Crippen LogP contribution in [0.3, 0.4) is 0 Å². The Bertz CT molecular complexity index is 750. The van der Waals surface area contributed by atoms with Gasteiger partial charge in [0.25, 0.3) is 5.16 Å². The van der Waals surface area contributed by atoms with Gasteiger partial charge in [0, 0.05) is 9.99 Å². The number of ether oxygens (including phenoxy) is 1. The predicted octanol–water partition coefficient (Wildman–Crippen LogP) is 2.81. The fraction of sp³-hybridized carbons (Fsp3) is 0.400. The number of benzene rings is 1. The molecule has 0 aliphatic rings. The normalized spacial score (nSPS) is 11.3. The smallest absolute Gasteiger partial charge is 0.468 e. The number of hydrogen-bond donors (Lipinski definition) is 0. The van der Waals surface area contributed by atoms with Gasteiger partial charge in [0.2, 0.25) is 0 Å². The first-order chi connectivity index (χ1) is 11.2. The highest BCUT2D eigenvalue weighted by atomic mass is 32.2. The maximum Gasteiger partial charge on any atom is 0.492 e. The van der Waals surface area contributed by atoms with Gasteiger partial charge < -0.3 is 14.9 Å². The fourth-order valence-electron chi connectivity index (χ4n) is 1.89. The van der Waals surface area contributed by atoms with Gasteiger partial charge in [0.1, 0.15) is 0 Å². The van der Waals surface area contributed by atoms with Gasteiger partial charge in [0.05, 0.1) is 7.11 Å². The Labute approximate surface area is 143 Å². The van der Waals surface area contributed by atoms with Crippen molar-refractivity contribution >= 4 is 23.7 Å². The van der Waals surface area contributed by atoms with Crippen molar-refractivity contribution < 1.29 is 14.5 Å². The van der Waals surface area contributed by atoms with Crippen molar-refractivity contribution in [1.82, 2.24) is 14.8 Å². The molecule has 0 bridgehead atoms. The first-order valence-corrected chi connectivity index (χ1v) is 7.97. The van der Waals surface area contributed by atoms with Crippen LogP contribution in [0.5, 0.6) is 0 Å². The third kappa shape index (κ3) is 4.31. The summed E-state index contributed by atoms with van der Waals surface area (Å²) in [6, 6.07) is 7.82. The molecule has 2 rings (SSSR count). The molecule has 0 saturated carbocycles. The lowest BCUT2D eigenvalue weighted by molar-refractivity contribution is -0.394. The minimum Gasteiger partial charge on any atom is -0.468 e. The highest BCUT2D eigenvalue weighted by Crippen LogP contribution is 2.30. The Morgan fingerprint density at radius 3 is 2.46 bits per heavy atom. The summed E-state index contributed by atoms with van der Waals surface area (Å²) in [4.78, 5) is 26.3. The van der Waals surface area contributed by atoms with Crippen LogP contribution in [0.15, 0.2) is 34.3 Å². The summed E-state index contributed by atoms with van der Waals surface area (Å²) in [7, 11) is 1.24. The van der Waals surface area contributed by atoms with Gasteiger partial charge in [-0.25, -0.2) is 0 Å². The summed E-state index contributed by atoms with van der Waals surface area (Å²) >= 11 is 1.20. The fourth-order valence-corrected chi connectivity index (χ4v) is 2.71. The SMILES string of the molecule is COC(=O)Cn1nc([N+](=O)[O-])nc1Sc1ccc(C(C)(C)C)cc1. The van der Waals surface area contributed by atoms with E-state index in [0.717, 1.165) is 4.90 Å². The van der Waals surface area contributed by atoms with E-state index in [9.17, 15) is 14.9 Å². The maximum atomic E-state index is 11.4. The van der Waals surface area contributed by atoms with E-state index in [4.69, 9.17) is 0 Å². The number of nitro groups is 1. The van der Waals surface area contributed by atoms with E-state index in [1.165, 1.54) is 29.1 Å². The van der Waals surface area contributed by atoms with Gasteiger partial charge in [-0.05, 0) is 44.8 Å². The van der Waals surface area contributed by atoms with Crippen molar-refractivity contribution in [2.24, 2.45) is 0 Å². The highest BCUT2D eigenvalue weighted by Gasteiger charge is 2.24. The number of aromatic nitrogens is 3. The molecule has 1 aromatic carbocycles. The molecule has 0 unspecified atom stereocenters. The summed E-state index contributed by atoms with van der Waals surface area (Å²) in [5.41, 5.74) is 1.21. The summed E-state index contributed by atoms with van der Waals surface area (Å²) in [5.74, 6) is -1.10. The van der Waals surface area contributed by atoms with E-state index in [0.29, 0.717) is 0 Å². The average molecular weight is 350 g/mol. The quantitative estimate of drug-likeness (QED) is 0.464. The molecule has 1 aromatic heterocycles. The van der Waals surface area contributed by atoms with E-state index in [2.05, 4.69) is 35.6 Å². The molecular weight excluding hydrogens is 332 g/mol. The standard InChI is InChI=1S/C15H18N4O4S/c1-15(2,3)10-5-7-11(8-6-10)24-14-16-13(19(21)22)17-18(14)9-12(20)23-4/h5-8H,9H2,1-4H3. The van der Waals surface area contributed by atoms with Crippen molar-refractivity contribution in [1.29, 1.82) is 0 Å². The maximum absolute atomic E-state index is 11.4. The zero-order valence-electron chi connectivity index (χ0n) is 13.8. The van der Waals surface area contributed by atoms with E-state index in [-0.39, 0.29) is 17.1 Å². The molecule has 2 aromatic rings. The Morgan fingerprint density at radius 1 is 1.33 bits per heavy atom. The molecule has 1 heterocycles. The monoisotopic (exact) mass is 350 g/mol.